The number of hydrogen-bond acceptors (Lipinski definition) is 5. The van der Waals surface area contributed by atoms with Gasteiger partial charge in [0, 0.05) is 24.6 Å². The van der Waals surface area contributed by atoms with E-state index in [4.69, 9.17) is 9.47 Å². The Morgan fingerprint density at radius 3 is 2.36 bits per heavy atom. The minimum absolute atomic E-state index is 0.253. The number of thioether (sulfide) groups is 1. The van der Waals surface area contributed by atoms with Crippen molar-refractivity contribution < 1.29 is 19.1 Å². The number of amides is 1. The van der Waals surface area contributed by atoms with E-state index in [9.17, 15) is 9.59 Å². The number of nitrogens with zero attached hydrogens (tertiary/aromatic N) is 1. The summed E-state index contributed by atoms with van der Waals surface area (Å²) in [6.07, 6.45) is 4.97. The highest BCUT2D eigenvalue weighted by atomic mass is 32.2. The maximum Gasteiger partial charge on any atom is 0.331 e. The summed E-state index contributed by atoms with van der Waals surface area (Å²) >= 11 is 1.67. The normalized spacial score (nSPS) is 10.7. The lowest BCUT2D eigenvalue weighted by Crippen LogP contribution is -2.30. The van der Waals surface area contributed by atoms with Crippen molar-refractivity contribution in [1.82, 2.24) is 4.90 Å². The molecule has 148 valence electrons. The first-order valence-corrected chi connectivity index (χ1v) is 10.2. The Balaban J connectivity index is 1.77. The SMILES string of the molecule is CCOc1ccc(/C=C/C(=O)OCC(=O)N(C)Cc2ccc(SC)cc2)cc1. The van der Waals surface area contributed by atoms with E-state index in [1.807, 2.05) is 61.7 Å². The summed E-state index contributed by atoms with van der Waals surface area (Å²) in [7, 11) is 1.69. The Bertz CT molecular complexity index is 800. The van der Waals surface area contributed by atoms with Crippen molar-refractivity contribution in [3.63, 3.8) is 0 Å². The molecule has 2 aromatic carbocycles. The molecule has 0 aliphatic carbocycles. The van der Waals surface area contributed by atoms with Crippen LogP contribution in [0.3, 0.4) is 0 Å². The summed E-state index contributed by atoms with van der Waals surface area (Å²) in [5, 5.41) is 0. The van der Waals surface area contributed by atoms with Gasteiger partial charge in [0.1, 0.15) is 5.75 Å². The fourth-order valence-corrected chi connectivity index (χ4v) is 2.80. The molecular weight excluding hydrogens is 374 g/mol. The van der Waals surface area contributed by atoms with Crippen LogP contribution >= 0.6 is 11.8 Å². The van der Waals surface area contributed by atoms with E-state index in [1.54, 1.807) is 24.9 Å². The highest BCUT2D eigenvalue weighted by molar-refractivity contribution is 7.98. The lowest BCUT2D eigenvalue weighted by molar-refractivity contribution is -0.147. The van der Waals surface area contributed by atoms with Crippen LogP contribution in [0.1, 0.15) is 18.1 Å². The average molecular weight is 400 g/mol. The van der Waals surface area contributed by atoms with Crippen molar-refractivity contribution in [3.8, 4) is 5.75 Å². The van der Waals surface area contributed by atoms with Gasteiger partial charge in [0.05, 0.1) is 6.61 Å². The molecule has 6 heteroatoms. The van der Waals surface area contributed by atoms with Crippen LogP contribution in [0.4, 0.5) is 0 Å². The molecule has 0 fully saturated rings. The predicted octanol–water partition coefficient (Wildman–Crippen LogP) is 4.02. The van der Waals surface area contributed by atoms with E-state index in [0.29, 0.717) is 13.2 Å². The van der Waals surface area contributed by atoms with Gasteiger partial charge in [-0.05, 0) is 54.6 Å². The van der Waals surface area contributed by atoms with E-state index in [1.165, 1.54) is 15.9 Å². The Morgan fingerprint density at radius 1 is 1.07 bits per heavy atom. The highest BCUT2D eigenvalue weighted by Crippen LogP contribution is 2.16. The number of esters is 1. The number of hydrogen-bond donors (Lipinski definition) is 0. The lowest BCUT2D eigenvalue weighted by atomic mass is 10.2. The Morgan fingerprint density at radius 2 is 1.75 bits per heavy atom. The molecule has 0 aliphatic heterocycles. The predicted molar refractivity (Wildman–Crippen MR) is 112 cm³/mol. The smallest absolute Gasteiger partial charge is 0.331 e. The zero-order valence-electron chi connectivity index (χ0n) is 16.4. The van der Waals surface area contributed by atoms with E-state index < -0.39 is 5.97 Å². The number of carbonyl (C=O) groups is 2. The Labute approximate surface area is 170 Å². The van der Waals surface area contributed by atoms with Gasteiger partial charge >= 0.3 is 5.97 Å². The first-order chi connectivity index (χ1) is 13.5. The third kappa shape index (κ3) is 7.12. The summed E-state index contributed by atoms with van der Waals surface area (Å²) in [5.74, 6) is -0.0318. The van der Waals surface area contributed by atoms with Crippen LogP contribution in [0.5, 0.6) is 5.75 Å². The Kier molecular flexibility index (Phi) is 8.62. The molecule has 28 heavy (non-hydrogen) atoms. The molecular formula is C22H25NO4S. The van der Waals surface area contributed by atoms with Crippen molar-refractivity contribution in [2.24, 2.45) is 0 Å². The molecule has 0 saturated carbocycles. The summed E-state index contributed by atoms with van der Waals surface area (Å²) in [6, 6.07) is 15.4. The third-order valence-corrected chi connectivity index (χ3v) is 4.69. The summed E-state index contributed by atoms with van der Waals surface area (Å²) in [5.41, 5.74) is 1.87. The van der Waals surface area contributed by atoms with Crippen molar-refractivity contribution in [2.45, 2.75) is 18.4 Å². The van der Waals surface area contributed by atoms with Crippen LogP contribution in [0.25, 0.3) is 6.08 Å². The minimum atomic E-state index is -0.556. The van der Waals surface area contributed by atoms with Crippen LogP contribution < -0.4 is 4.74 Å². The fourth-order valence-electron chi connectivity index (χ4n) is 2.39. The lowest BCUT2D eigenvalue weighted by Gasteiger charge is -2.17. The molecule has 0 saturated heterocycles. The van der Waals surface area contributed by atoms with Gasteiger partial charge in [-0.3, -0.25) is 4.79 Å². The van der Waals surface area contributed by atoms with E-state index in [-0.39, 0.29) is 12.5 Å². The van der Waals surface area contributed by atoms with Gasteiger partial charge in [0.25, 0.3) is 5.91 Å². The van der Waals surface area contributed by atoms with Gasteiger partial charge in [0.2, 0.25) is 0 Å². The third-order valence-electron chi connectivity index (χ3n) is 3.95. The maximum absolute atomic E-state index is 12.2. The number of benzene rings is 2. The first-order valence-electron chi connectivity index (χ1n) is 8.96. The molecule has 0 bridgehead atoms. The number of ether oxygens (including phenoxy) is 2. The highest BCUT2D eigenvalue weighted by Gasteiger charge is 2.11. The quantitative estimate of drug-likeness (QED) is 0.362. The van der Waals surface area contributed by atoms with Gasteiger partial charge in [0.15, 0.2) is 6.61 Å². The fraction of sp³-hybridized carbons (Fsp3) is 0.273. The summed E-state index contributed by atoms with van der Waals surface area (Å²) in [6.45, 7) is 2.70. The molecule has 0 atom stereocenters. The standard InChI is InChI=1S/C22H25NO4S/c1-4-26-19-10-5-17(6-11-19)9-14-22(25)27-16-21(24)23(2)15-18-7-12-20(28-3)13-8-18/h5-14H,4,15-16H2,1-3H3/b14-9+. The van der Waals surface area contributed by atoms with Gasteiger partial charge in [-0.1, -0.05) is 24.3 Å². The zero-order valence-corrected chi connectivity index (χ0v) is 17.2. The minimum Gasteiger partial charge on any atom is -0.494 e. The number of rotatable bonds is 9. The summed E-state index contributed by atoms with van der Waals surface area (Å²) < 4.78 is 10.4. The number of likely N-dealkylation sites (N-methyl/N-ethyl adjacent to an activating group) is 1. The second-order valence-corrected chi connectivity index (χ2v) is 6.92. The molecule has 0 radical (unpaired) electrons. The molecule has 2 rings (SSSR count). The van der Waals surface area contributed by atoms with Gasteiger partial charge in [-0.2, -0.15) is 0 Å². The molecule has 5 nitrogen and oxygen atoms in total. The van der Waals surface area contributed by atoms with Gasteiger partial charge < -0.3 is 14.4 Å². The molecule has 0 unspecified atom stereocenters. The second kappa shape index (κ2) is 11.2. The van der Waals surface area contributed by atoms with Crippen LogP contribution in [-0.4, -0.2) is 43.3 Å². The maximum atomic E-state index is 12.2. The molecule has 0 N–H and O–H groups in total. The molecule has 0 aromatic heterocycles. The first kappa shape index (κ1) is 21.6. The largest absolute Gasteiger partial charge is 0.494 e. The van der Waals surface area contributed by atoms with Crippen molar-refractivity contribution in [1.29, 1.82) is 0 Å². The summed E-state index contributed by atoms with van der Waals surface area (Å²) in [4.78, 5) is 26.7. The van der Waals surface area contributed by atoms with Gasteiger partial charge in [-0.15, -0.1) is 11.8 Å². The second-order valence-electron chi connectivity index (χ2n) is 6.04. The molecule has 0 spiro atoms. The molecule has 0 aliphatic rings. The average Bonchev–Trinajstić information content (AvgIpc) is 2.72. The number of carbonyl (C=O) groups excluding carboxylic acids is 2. The van der Waals surface area contributed by atoms with Crippen LogP contribution in [0, 0.1) is 0 Å². The van der Waals surface area contributed by atoms with E-state index in [2.05, 4.69) is 0 Å². The van der Waals surface area contributed by atoms with Gasteiger partial charge in [-0.25, -0.2) is 4.79 Å². The van der Waals surface area contributed by atoms with Crippen molar-refractivity contribution >= 4 is 29.7 Å². The van der Waals surface area contributed by atoms with Crippen LogP contribution in [0.2, 0.25) is 0 Å². The van der Waals surface area contributed by atoms with E-state index in [0.717, 1.165) is 16.9 Å². The molecule has 0 heterocycles. The monoisotopic (exact) mass is 399 g/mol. The molecule has 1 amide bonds. The van der Waals surface area contributed by atoms with Crippen molar-refractivity contribution in [3.05, 3.63) is 65.7 Å². The van der Waals surface area contributed by atoms with E-state index >= 15 is 0 Å². The Hall–Kier alpha value is -2.73. The van der Waals surface area contributed by atoms with Crippen LogP contribution in [0.15, 0.2) is 59.5 Å². The zero-order chi connectivity index (χ0) is 20.4. The van der Waals surface area contributed by atoms with Crippen molar-refractivity contribution in [2.75, 3.05) is 26.5 Å². The molecule has 2 aromatic rings. The van der Waals surface area contributed by atoms with Crippen LogP contribution in [-0.2, 0) is 20.9 Å². The topological polar surface area (TPSA) is 55.8 Å².